The number of aliphatic imine (C=N–C) groups is 2. The molecule has 0 spiro atoms. The zero-order chi connectivity index (χ0) is 13.1. The van der Waals surface area contributed by atoms with Crippen LogP contribution in [0.3, 0.4) is 0 Å². The fraction of sp³-hybridized carbons (Fsp3) is 0. The van der Waals surface area contributed by atoms with Crippen LogP contribution in [0.1, 0.15) is 0 Å². The summed E-state index contributed by atoms with van der Waals surface area (Å²) in [5.41, 5.74) is 17.1. The van der Waals surface area contributed by atoms with Gasteiger partial charge in [-0.25, -0.2) is 4.99 Å². The summed E-state index contributed by atoms with van der Waals surface area (Å²) in [7, 11) is 0. The van der Waals surface area contributed by atoms with Gasteiger partial charge in [-0.3, -0.25) is 4.98 Å². The molecule has 0 aliphatic heterocycles. The zero-order valence-corrected chi connectivity index (χ0v) is 9.41. The van der Waals surface area contributed by atoms with Gasteiger partial charge in [0, 0.05) is 5.39 Å². The van der Waals surface area contributed by atoms with Crippen LogP contribution >= 0.6 is 0 Å². The summed E-state index contributed by atoms with van der Waals surface area (Å²) in [5.74, 6) is -0.0769. The Labute approximate surface area is 103 Å². The summed E-state index contributed by atoms with van der Waals surface area (Å²) in [4.78, 5) is 11.7. The fourth-order valence-corrected chi connectivity index (χ4v) is 1.46. The summed E-state index contributed by atoms with van der Waals surface area (Å²) in [6.45, 7) is 0. The van der Waals surface area contributed by atoms with Gasteiger partial charge in [0.25, 0.3) is 0 Å². The Morgan fingerprint density at radius 2 is 1.94 bits per heavy atom. The average molecular weight is 244 g/mol. The van der Waals surface area contributed by atoms with Crippen molar-refractivity contribution in [1.82, 2.24) is 4.98 Å². The first-order valence-electron chi connectivity index (χ1n) is 5.07. The van der Waals surface area contributed by atoms with Gasteiger partial charge in [0.1, 0.15) is 5.75 Å². The molecule has 7 N–H and O–H groups in total. The first-order valence-corrected chi connectivity index (χ1v) is 5.07. The molecule has 0 saturated heterocycles. The Bertz CT molecular complexity index is 645. The Kier molecular flexibility index (Phi) is 2.96. The molecular weight excluding hydrogens is 232 g/mol. The highest BCUT2D eigenvalue weighted by Gasteiger charge is 1.99. The minimum Gasteiger partial charge on any atom is -0.506 e. The Balaban J connectivity index is 2.42. The number of aromatic hydroxyl groups is 1. The van der Waals surface area contributed by atoms with Crippen molar-refractivity contribution in [3.63, 3.8) is 0 Å². The maximum Gasteiger partial charge on any atom is 0.223 e. The number of benzene rings is 1. The maximum absolute atomic E-state index is 9.29. The number of pyridine rings is 1. The second-order valence-corrected chi connectivity index (χ2v) is 3.58. The topological polar surface area (TPSA) is 136 Å². The summed E-state index contributed by atoms with van der Waals surface area (Å²) in [6.07, 6.45) is 1.36. The van der Waals surface area contributed by atoms with Gasteiger partial charge in [-0.1, -0.05) is 6.07 Å². The van der Waals surface area contributed by atoms with Gasteiger partial charge in [0.2, 0.25) is 5.96 Å². The second kappa shape index (κ2) is 4.58. The van der Waals surface area contributed by atoms with Crippen molar-refractivity contribution in [1.29, 1.82) is 0 Å². The third-order valence-electron chi connectivity index (χ3n) is 2.14. The standard InChI is InChI=1S/C11H12N6O/c12-10(13)17-11(14)16-7-2-1-6-3-8(18)5-15-9(6)4-7/h1-5,18H,(H6,12,13,14,16,17). The summed E-state index contributed by atoms with van der Waals surface area (Å²) in [5, 5.41) is 10.1. The van der Waals surface area contributed by atoms with Crippen LogP contribution in [0.5, 0.6) is 5.75 Å². The number of hydrogen-bond donors (Lipinski definition) is 4. The molecule has 0 aliphatic rings. The van der Waals surface area contributed by atoms with E-state index in [0.29, 0.717) is 11.2 Å². The molecule has 0 radical (unpaired) electrons. The molecule has 0 amide bonds. The normalized spacial score (nSPS) is 11.4. The molecule has 0 bridgehead atoms. The number of rotatable bonds is 1. The van der Waals surface area contributed by atoms with E-state index >= 15 is 0 Å². The van der Waals surface area contributed by atoms with Gasteiger partial charge in [-0.15, -0.1) is 0 Å². The van der Waals surface area contributed by atoms with Gasteiger partial charge >= 0.3 is 0 Å². The number of hydrogen-bond acceptors (Lipinski definition) is 3. The molecule has 7 nitrogen and oxygen atoms in total. The molecular formula is C11H12N6O. The highest BCUT2D eigenvalue weighted by molar-refractivity contribution is 5.94. The zero-order valence-electron chi connectivity index (χ0n) is 9.41. The highest BCUT2D eigenvalue weighted by atomic mass is 16.3. The lowest BCUT2D eigenvalue weighted by atomic mass is 10.2. The Hall–Kier alpha value is -2.83. The van der Waals surface area contributed by atoms with Crippen LogP contribution in [-0.2, 0) is 0 Å². The predicted octanol–water partition coefficient (Wildman–Crippen LogP) is 0.160. The molecule has 0 unspecified atom stereocenters. The largest absolute Gasteiger partial charge is 0.506 e. The number of aromatic nitrogens is 1. The summed E-state index contributed by atoms with van der Waals surface area (Å²) < 4.78 is 0. The van der Waals surface area contributed by atoms with Crippen molar-refractivity contribution in [2.75, 3.05) is 0 Å². The van der Waals surface area contributed by atoms with Crippen molar-refractivity contribution in [2.24, 2.45) is 27.2 Å². The smallest absolute Gasteiger partial charge is 0.223 e. The summed E-state index contributed by atoms with van der Waals surface area (Å²) in [6, 6.07) is 6.81. The van der Waals surface area contributed by atoms with E-state index in [9.17, 15) is 5.11 Å². The molecule has 1 aromatic heterocycles. The van der Waals surface area contributed by atoms with E-state index in [1.165, 1.54) is 6.20 Å². The van der Waals surface area contributed by atoms with Crippen LogP contribution in [0.25, 0.3) is 10.9 Å². The van der Waals surface area contributed by atoms with Gasteiger partial charge in [-0.05, 0) is 18.2 Å². The van der Waals surface area contributed by atoms with Gasteiger partial charge in [-0.2, -0.15) is 4.99 Å². The molecule has 0 aliphatic carbocycles. The van der Waals surface area contributed by atoms with Crippen molar-refractivity contribution >= 4 is 28.5 Å². The van der Waals surface area contributed by atoms with Gasteiger partial charge < -0.3 is 22.3 Å². The molecule has 0 saturated carbocycles. The number of guanidine groups is 2. The van der Waals surface area contributed by atoms with Crippen molar-refractivity contribution in [3.8, 4) is 5.75 Å². The van der Waals surface area contributed by atoms with Crippen molar-refractivity contribution in [3.05, 3.63) is 30.5 Å². The molecule has 1 aromatic carbocycles. The molecule has 0 fully saturated rings. The van der Waals surface area contributed by atoms with E-state index in [-0.39, 0.29) is 17.7 Å². The van der Waals surface area contributed by atoms with E-state index in [4.69, 9.17) is 17.2 Å². The number of fused-ring (bicyclic) bond motifs is 1. The summed E-state index contributed by atoms with van der Waals surface area (Å²) >= 11 is 0. The van der Waals surface area contributed by atoms with E-state index in [1.54, 1.807) is 24.3 Å². The fourth-order valence-electron chi connectivity index (χ4n) is 1.46. The third kappa shape index (κ3) is 2.64. The maximum atomic E-state index is 9.29. The highest BCUT2D eigenvalue weighted by Crippen LogP contribution is 2.22. The van der Waals surface area contributed by atoms with Crippen LogP contribution in [0.15, 0.2) is 40.4 Å². The quantitative estimate of drug-likeness (QED) is 0.418. The van der Waals surface area contributed by atoms with Crippen LogP contribution in [-0.4, -0.2) is 22.0 Å². The van der Waals surface area contributed by atoms with Crippen LogP contribution < -0.4 is 17.2 Å². The van der Waals surface area contributed by atoms with Crippen LogP contribution in [0.4, 0.5) is 5.69 Å². The lowest BCUT2D eigenvalue weighted by Gasteiger charge is -2.00. The van der Waals surface area contributed by atoms with E-state index in [1.807, 2.05) is 0 Å². The minimum absolute atomic E-state index is 0.0341. The molecule has 1 heterocycles. The monoisotopic (exact) mass is 244 g/mol. The van der Waals surface area contributed by atoms with Gasteiger partial charge in [0.05, 0.1) is 17.4 Å². The first kappa shape index (κ1) is 11.6. The minimum atomic E-state index is -0.153. The average Bonchev–Trinajstić information content (AvgIpc) is 2.28. The van der Waals surface area contributed by atoms with E-state index in [2.05, 4.69) is 15.0 Å². The second-order valence-electron chi connectivity index (χ2n) is 3.58. The van der Waals surface area contributed by atoms with E-state index in [0.717, 1.165) is 5.39 Å². The molecule has 2 rings (SSSR count). The third-order valence-corrected chi connectivity index (χ3v) is 2.14. The van der Waals surface area contributed by atoms with Crippen molar-refractivity contribution < 1.29 is 5.11 Å². The lowest BCUT2D eigenvalue weighted by Crippen LogP contribution is -2.26. The van der Waals surface area contributed by atoms with Crippen LogP contribution in [0, 0.1) is 0 Å². The molecule has 2 aromatic rings. The van der Waals surface area contributed by atoms with Crippen LogP contribution in [0.2, 0.25) is 0 Å². The van der Waals surface area contributed by atoms with E-state index < -0.39 is 0 Å². The number of nitrogens with zero attached hydrogens (tertiary/aromatic N) is 3. The predicted molar refractivity (Wildman–Crippen MR) is 70.5 cm³/mol. The first-order chi connectivity index (χ1) is 8.54. The molecule has 18 heavy (non-hydrogen) atoms. The Morgan fingerprint density at radius 3 is 2.67 bits per heavy atom. The van der Waals surface area contributed by atoms with Crippen molar-refractivity contribution in [2.45, 2.75) is 0 Å². The Morgan fingerprint density at radius 1 is 1.17 bits per heavy atom. The molecule has 7 heteroatoms. The lowest BCUT2D eigenvalue weighted by molar-refractivity contribution is 0.474. The van der Waals surface area contributed by atoms with Gasteiger partial charge in [0.15, 0.2) is 5.96 Å². The SMILES string of the molecule is NC(N)=NC(N)=Nc1ccc2cc(O)cnc2c1. The molecule has 0 atom stereocenters. The number of nitrogens with two attached hydrogens (primary N) is 3. The molecule has 92 valence electrons.